The average Bonchev–Trinajstić information content (AvgIpc) is 3.39. The van der Waals surface area contributed by atoms with Gasteiger partial charge in [0.05, 0.1) is 57.0 Å². The van der Waals surface area contributed by atoms with Crippen LogP contribution in [-0.4, -0.2) is 35.3 Å². The second-order valence-electron chi connectivity index (χ2n) is 19.1. The van der Waals surface area contributed by atoms with Crippen molar-refractivity contribution in [3.63, 3.8) is 0 Å². The molecule has 0 aliphatic heterocycles. The van der Waals surface area contributed by atoms with Crippen molar-refractivity contribution < 1.29 is 41.5 Å². The van der Waals surface area contributed by atoms with Gasteiger partial charge in [-0.2, -0.15) is 0 Å². The minimum absolute atomic E-state index is 0.293. The SMILES string of the molecule is CC(=Nc1c(C(C)C)cccc1C(C)C)C(C)=Nc1c(C(C)C)cccc1C(C)C.CC(=Nc1ccc(F)cc1)C(C)=Nc1ccc(F)cc1.Cc1cccc(C)c1N=CC=Nc1c(C)cccc1C.[Br][Ni][Br].[Br][Ni][Br].[Br][Ni][Br]. The molecule has 0 aromatic heterocycles. The van der Waals surface area contributed by atoms with Gasteiger partial charge in [0.15, 0.2) is 0 Å². The molecule has 0 bridgehead atoms. The van der Waals surface area contributed by atoms with Gasteiger partial charge in [0.1, 0.15) is 11.6 Å². The van der Waals surface area contributed by atoms with Crippen molar-refractivity contribution in [1.29, 1.82) is 0 Å². The van der Waals surface area contributed by atoms with Gasteiger partial charge in [-0.25, -0.2) is 8.78 Å². The fourth-order valence-corrected chi connectivity index (χ4v) is 7.59. The van der Waals surface area contributed by atoms with E-state index < -0.39 is 0 Å². The zero-order valence-electron chi connectivity index (χ0n) is 47.7. The number of para-hydroxylation sites is 4. The molecule has 0 saturated carbocycles. The monoisotopic (exact) mass is 1590 g/mol. The Balaban J connectivity index is 0.000000562. The molecule has 17 heteroatoms. The van der Waals surface area contributed by atoms with Crippen LogP contribution >= 0.6 is 85.4 Å². The first-order chi connectivity index (χ1) is 37.4. The van der Waals surface area contributed by atoms with Gasteiger partial charge in [-0.1, -0.05) is 128 Å². The molecule has 6 aromatic rings. The fourth-order valence-electron chi connectivity index (χ4n) is 7.59. The number of benzene rings is 6. The topological polar surface area (TPSA) is 74.2 Å². The van der Waals surface area contributed by atoms with Crippen LogP contribution in [0.2, 0.25) is 0 Å². The van der Waals surface area contributed by atoms with Gasteiger partial charge >= 0.3 is 118 Å². The molecule has 0 N–H and O–H groups in total. The van der Waals surface area contributed by atoms with Crippen LogP contribution in [0.4, 0.5) is 42.9 Å². The van der Waals surface area contributed by atoms with E-state index in [4.69, 9.17) is 9.98 Å². The van der Waals surface area contributed by atoms with Crippen molar-refractivity contribution in [2.75, 3.05) is 0 Å². The van der Waals surface area contributed by atoms with Gasteiger partial charge in [-0.3, -0.25) is 30.0 Å². The fraction of sp³-hybridized carbons (Fsp3) is 0.323. The van der Waals surface area contributed by atoms with Gasteiger partial charge in [0, 0.05) is 12.4 Å². The molecule has 6 nitrogen and oxygen atoms in total. The number of halogens is 8. The summed E-state index contributed by atoms with van der Waals surface area (Å²) >= 11 is 18.0. The normalized spacial score (nSPS) is 12.0. The van der Waals surface area contributed by atoms with E-state index >= 15 is 0 Å². The summed E-state index contributed by atoms with van der Waals surface area (Å²) in [4.78, 5) is 28.0. The van der Waals surface area contributed by atoms with E-state index in [1.54, 1.807) is 36.7 Å². The molecule has 438 valence electrons. The molecule has 6 rings (SSSR count). The summed E-state index contributed by atoms with van der Waals surface area (Å²) in [5.41, 5.74) is 19.0. The third kappa shape index (κ3) is 28.1. The van der Waals surface area contributed by atoms with Gasteiger partial charge in [-0.15, -0.1) is 0 Å². The van der Waals surface area contributed by atoms with Crippen LogP contribution in [0.5, 0.6) is 0 Å². The van der Waals surface area contributed by atoms with Gasteiger partial charge < -0.3 is 0 Å². The van der Waals surface area contributed by atoms with E-state index in [2.05, 4.69) is 275 Å². The quantitative estimate of drug-likeness (QED) is 0.0816. The number of hydrogen-bond acceptors (Lipinski definition) is 6. The molecule has 0 aliphatic carbocycles. The van der Waals surface area contributed by atoms with Crippen molar-refractivity contribution in [2.45, 2.75) is 134 Å². The number of rotatable bonds is 13. The molecule has 0 heterocycles. The van der Waals surface area contributed by atoms with E-state index in [1.165, 1.54) is 101 Å². The summed E-state index contributed by atoms with van der Waals surface area (Å²) in [5, 5.41) is 0. The predicted molar refractivity (Wildman–Crippen MR) is 355 cm³/mol. The van der Waals surface area contributed by atoms with E-state index in [-0.39, 0.29) is 11.6 Å². The molecular formula is C62H74Br6F2N6Ni3. The van der Waals surface area contributed by atoms with Gasteiger partial charge in [0.2, 0.25) is 0 Å². The van der Waals surface area contributed by atoms with Gasteiger partial charge in [-0.05, 0) is 172 Å². The van der Waals surface area contributed by atoms with Crippen LogP contribution in [0.3, 0.4) is 0 Å². The summed E-state index contributed by atoms with van der Waals surface area (Å²) < 4.78 is 25.6. The molecule has 0 aliphatic rings. The Bertz CT molecular complexity index is 2670. The van der Waals surface area contributed by atoms with Crippen LogP contribution in [0.1, 0.15) is 151 Å². The van der Waals surface area contributed by atoms with Crippen LogP contribution in [0.15, 0.2) is 151 Å². The Morgan fingerprint density at radius 3 is 0.797 bits per heavy atom. The predicted octanol–water partition coefficient (Wildman–Crippen LogP) is 24.0. The molecule has 0 unspecified atom stereocenters. The standard InChI is InChI=1S/C28H40N2.C18H20N2.C16H14F2N2.6BrH.3Ni/c1-17(2)23-13-11-14-24(18(3)4)27(23)29-21(9)22(10)30-28-25(19(5)6)15-12-16-26(28)20(7)8;1-13-7-5-8-14(2)17(13)19-11-12-20-18-15(3)9-6-10-16(18)4;1-11(19-15-7-3-13(17)4-8-15)12(2)20-16-9-5-14(18)6-10-16;;;;;;;;;/h11-20H,1-10H3;5-12H,1-4H3;3-10H,1-2H3;6*1H;;;/q;;;;;;;;;3*+2/p-6. The van der Waals surface area contributed by atoms with Crippen molar-refractivity contribution in [1.82, 2.24) is 0 Å². The third-order valence-electron chi connectivity index (χ3n) is 11.9. The zero-order chi connectivity index (χ0) is 59.8. The molecule has 79 heavy (non-hydrogen) atoms. The number of nitrogens with zero attached hydrogens (tertiary/aromatic N) is 6. The second-order valence-corrected chi connectivity index (χ2v) is 34.1. The van der Waals surface area contributed by atoms with Crippen molar-refractivity contribution in [3.05, 3.63) is 177 Å². The zero-order valence-corrected chi connectivity index (χ0v) is 60.1. The van der Waals surface area contributed by atoms with E-state index in [0.717, 1.165) is 45.6 Å². The molecule has 0 atom stereocenters. The summed E-state index contributed by atoms with van der Waals surface area (Å²) in [7, 11) is 3.75. The number of aryl methyl sites for hydroxylation is 4. The summed E-state index contributed by atoms with van der Waals surface area (Å²) in [6.07, 6.45) is 3.53. The van der Waals surface area contributed by atoms with Crippen LogP contribution in [-0.2, 0) is 32.7 Å². The third-order valence-corrected chi connectivity index (χ3v) is 11.9. The molecular weight excluding hydrogens is 1520 g/mol. The van der Waals surface area contributed by atoms with Crippen molar-refractivity contribution >= 4 is 155 Å². The minimum atomic E-state index is -0.293. The number of aliphatic imine (C=N–C) groups is 6. The molecule has 0 fully saturated rings. The Labute approximate surface area is 532 Å². The Morgan fingerprint density at radius 2 is 0.570 bits per heavy atom. The van der Waals surface area contributed by atoms with Crippen LogP contribution in [0, 0.1) is 39.3 Å². The molecule has 0 amide bonds. The molecule has 0 saturated heterocycles. The van der Waals surface area contributed by atoms with E-state index in [0.29, 0.717) is 35.0 Å². The first-order valence-electron chi connectivity index (χ1n) is 25.1. The molecule has 0 spiro atoms. The van der Waals surface area contributed by atoms with Crippen LogP contribution < -0.4 is 0 Å². The van der Waals surface area contributed by atoms with E-state index in [1.807, 2.05) is 13.8 Å². The number of hydrogen-bond donors (Lipinski definition) is 0. The first-order valence-corrected chi connectivity index (χ1v) is 39.7. The van der Waals surface area contributed by atoms with Crippen molar-refractivity contribution in [2.24, 2.45) is 30.0 Å². The maximum absolute atomic E-state index is 12.8. The Kier molecular flexibility index (Phi) is 39.2. The van der Waals surface area contributed by atoms with E-state index in [9.17, 15) is 8.78 Å². The molecule has 6 aromatic carbocycles. The van der Waals surface area contributed by atoms with Crippen molar-refractivity contribution in [3.8, 4) is 0 Å². The average molecular weight is 1600 g/mol. The Morgan fingerprint density at radius 1 is 0.354 bits per heavy atom. The summed E-state index contributed by atoms with van der Waals surface area (Å²) in [6.45, 7) is 34.0. The maximum atomic E-state index is 12.8. The first kappa shape index (κ1) is 74.6. The van der Waals surface area contributed by atoms with Crippen LogP contribution in [0.25, 0.3) is 0 Å². The summed E-state index contributed by atoms with van der Waals surface area (Å²) in [5.74, 6) is 1.14. The second kappa shape index (κ2) is 41.5. The molecule has 0 radical (unpaired) electrons. The van der Waals surface area contributed by atoms with Gasteiger partial charge in [0.25, 0.3) is 0 Å². The summed E-state index contributed by atoms with van der Waals surface area (Å²) in [6, 6.07) is 37.4. The Hall–Kier alpha value is -2.44.